The van der Waals surface area contributed by atoms with E-state index in [1.807, 2.05) is 58.9 Å². The molecular formula is C21H25N5O2. The lowest BCUT2D eigenvalue weighted by molar-refractivity contribution is 0.142. The number of amides is 2. The molecule has 28 heavy (non-hydrogen) atoms. The van der Waals surface area contributed by atoms with Crippen LogP contribution in [0.3, 0.4) is 0 Å². The third-order valence-electron chi connectivity index (χ3n) is 4.88. The zero-order valence-corrected chi connectivity index (χ0v) is 16.0. The van der Waals surface area contributed by atoms with Gasteiger partial charge < -0.3 is 15.0 Å². The number of piperazine rings is 1. The molecule has 1 aliphatic rings. The molecule has 1 N–H and O–H groups in total. The third-order valence-corrected chi connectivity index (χ3v) is 4.88. The van der Waals surface area contributed by atoms with E-state index < -0.39 is 0 Å². The summed E-state index contributed by atoms with van der Waals surface area (Å²) in [6, 6.07) is 15.6. The molecule has 3 aromatic rings. The van der Waals surface area contributed by atoms with Crippen molar-refractivity contribution >= 4 is 17.2 Å². The number of urea groups is 1. The van der Waals surface area contributed by atoms with Gasteiger partial charge in [0.2, 0.25) is 0 Å². The zero-order valence-electron chi connectivity index (χ0n) is 16.0. The van der Waals surface area contributed by atoms with E-state index in [4.69, 9.17) is 4.74 Å². The van der Waals surface area contributed by atoms with E-state index in [1.54, 1.807) is 0 Å². The van der Waals surface area contributed by atoms with Gasteiger partial charge in [0.05, 0.1) is 17.8 Å². The van der Waals surface area contributed by atoms with E-state index in [0.29, 0.717) is 19.7 Å². The fourth-order valence-electron chi connectivity index (χ4n) is 3.41. The van der Waals surface area contributed by atoms with Gasteiger partial charge in [-0.3, -0.25) is 4.90 Å². The number of rotatable bonds is 5. The van der Waals surface area contributed by atoms with Crippen LogP contribution in [0.25, 0.3) is 5.52 Å². The molecule has 0 bridgehead atoms. The Hall–Kier alpha value is -3.06. The van der Waals surface area contributed by atoms with Gasteiger partial charge in [-0.2, -0.15) is 5.10 Å². The highest BCUT2D eigenvalue weighted by molar-refractivity contribution is 5.89. The highest BCUT2D eigenvalue weighted by Crippen LogP contribution is 2.17. The summed E-state index contributed by atoms with van der Waals surface area (Å²) in [4.78, 5) is 16.7. The van der Waals surface area contributed by atoms with E-state index in [9.17, 15) is 4.79 Å². The van der Waals surface area contributed by atoms with Gasteiger partial charge in [0.1, 0.15) is 5.75 Å². The van der Waals surface area contributed by atoms with Crippen LogP contribution in [0.2, 0.25) is 0 Å². The molecule has 0 saturated carbocycles. The molecule has 4 rings (SSSR count). The monoisotopic (exact) mass is 379 g/mol. The van der Waals surface area contributed by atoms with Crippen molar-refractivity contribution in [1.82, 2.24) is 19.4 Å². The number of benzene rings is 1. The van der Waals surface area contributed by atoms with Gasteiger partial charge in [0, 0.05) is 44.6 Å². The SMILES string of the molecule is CCOc1ccc(NC(=O)N2CCN(Cc3cc4ccccn4n3)CC2)cc1. The van der Waals surface area contributed by atoms with Crippen molar-refractivity contribution in [1.29, 1.82) is 0 Å². The van der Waals surface area contributed by atoms with Crippen molar-refractivity contribution in [3.63, 3.8) is 0 Å². The van der Waals surface area contributed by atoms with Crippen LogP contribution in [0.5, 0.6) is 5.75 Å². The van der Waals surface area contributed by atoms with Crippen LogP contribution in [-0.4, -0.2) is 58.2 Å². The maximum Gasteiger partial charge on any atom is 0.321 e. The Bertz CT molecular complexity index is 896. The lowest BCUT2D eigenvalue weighted by Gasteiger charge is -2.34. The first-order chi connectivity index (χ1) is 13.7. The summed E-state index contributed by atoms with van der Waals surface area (Å²) in [6.45, 7) is 6.47. The van der Waals surface area contributed by atoms with Crippen LogP contribution in [0, 0.1) is 0 Å². The standard InChI is InChI=1S/C21H25N5O2/c1-2-28-20-8-6-17(7-9-20)22-21(27)25-13-11-24(12-14-25)16-18-15-19-5-3-4-10-26(19)23-18/h3-10,15H,2,11-14,16H2,1H3,(H,22,27). The maximum absolute atomic E-state index is 12.5. The first-order valence-electron chi connectivity index (χ1n) is 9.66. The topological polar surface area (TPSA) is 62.1 Å². The molecule has 3 heterocycles. The summed E-state index contributed by atoms with van der Waals surface area (Å²) in [6.07, 6.45) is 1.96. The second-order valence-corrected chi connectivity index (χ2v) is 6.86. The van der Waals surface area contributed by atoms with E-state index in [0.717, 1.165) is 42.3 Å². The molecule has 2 aromatic heterocycles. The van der Waals surface area contributed by atoms with Gasteiger partial charge in [-0.05, 0) is 49.4 Å². The normalized spacial score (nSPS) is 15.0. The molecule has 0 spiro atoms. The van der Waals surface area contributed by atoms with Crippen LogP contribution in [0.4, 0.5) is 10.5 Å². The van der Waals surface area contributed by atoms with E-state index in [-0.39, 0.29) is 6.03 Å². The number of carbonyl (C=O) groups is 1. The third kappa shape index (κ3) is 4.26. The average molecular weight is 379 g/mol. The molecule has 1 fully saturated rings. The van der Waals surface area contributed by atoms with Gasteiger partial charge in [-0.15, -0.1) is 0 Å². The number of hydrogen-bond acceptors (Lipinski definition) is 4. The largest absolute Gasteiger partial charge is 0.494 e. The van der Waals surface area contributed by atoms with Gasteiger partial charge in [-0.1, -0.05) is 6.07 Å². The zero-order chi connectivity index (χ0) is 19.3. The van der Waals surface area contributed by atoms with E-state index >= 15 is 0 Å². The molecule has 0 aliphatic carbocycles. The molecular weight excluding hydrogens is 354 g/mol. The molecule has 7 nitrogen and oxygen atoms in total. The first-order valence-corrected chi connectivity index (χ1v) is 9.66. The lowest BCUT2D eigenvalue weighted by Crippen LogP contribution is -2.49. The van der Waals surface area contributed by atoms with Crippen molar-refractivity contribution in [2.24, 2.45) is 0 Å². The van der Waals surface area contributed by atoms with Crippen molar-refractivity contribution in [2.75, 3.05) is 38.1 Å². The predicted molar refractivity (Wildman–Crippen MR) is 109 cm³/mol. The number of ether oxygens (including phenoxy) is 1. The molecule has 0 atom stereocenters. The molecule has 0 radical (unpaired) electrons. The van der Waals surface area contributed by atoms with Gasteiger partial charge in [0.15, 0.2) is 0 Å². The Balaban J connectivity index is 1.27. The molecule has 146 valence electrons. The Morgan fingerprint density at radius 1 is 1.11 bits per heavy atom. The molecule has 1 aromatic carbocycles. The van der Waals surface area contributed by atoms with Crippen LogP contribution in [0.1, 0.15) is 12.6 Å². The number of aromatic nitrogens is 2. The quantitative estimate of drug-likeness (QED) is 0.740. The fraction of sp³-hybridized carbons (Fsp3) is 0.333. The Morgan fingerprint density at radius 3 is 2.61 bits per heavy atom. The minimum absolute atomic E-state index is 0.0588. The number of carbonyl (C=O) groups excluding carboxylic acids is 1. The molecule has 1 saturated heterocycles. The molecule has 2 amide bonds. The number of nitrogens with zero attached hydrogens (tertiary/aromatic N) is 4. The molecule has 7 heteroatoms. The van der Waals surface area contributed by atoms with E-state index in [2.05, 4.69) is 27.4 Å². The molecule has 1 aliphatic heterocycles. The number of nitrogens with one attached hydrogen (secondary N) is 1. The maximum atomic E-state index is 12.5. The molecule has 0 unspecified atom stereocenters. The summed E-state index contributed by atoms with van der Waals surface area (Å²) in [5.41, 5.74) is 2.94. The number of hydrogen-bond donors (Lipinski definition) is 1. The Morgan fingerprint density at radius 2 is 1.89 bits per heavy atom. The Labute approximate surface area is 164 Å². The van der Waals surface area contributed by atoms with Crippen molar-refractivity contribution < 1.29 is 9.53 Å². The summed E-state index contributed by atoms with van der Waals surface area (Å²) < 4.78 is 7.33. The summed E-state index contributed by atoms with van der Waals surface area (Å²) in [7, 11) is 0. The van der Waals surface area contributed by atoms with Crippen molar-refractivity contribution in [2.45, 2.75) is 13.5 Å². The number of anilines is 1. The Kier molecular flexibility index (Phi) is 5.43. The second kappa shape index (κ2) is 8.31. The van der Waals surface area contributed by atoms with Gasteiger partial charge >= 0.3 is 6.03 Å². The summed E-state index contributed by atoms with van der Waals surface area (Å²) >= 11 is 0. The van der Waals surface area contributed by atoms with Gasteiger partial charge in [0.25, 0.3) is 0 Å². The lowest BCUT2D eigenvalue weighted by atomic mass is 10.2. The number of fused-ring (bicyclic) bond motifs is 1. The smallest absolute Gasteiger partial charge is 0.321 e. The number of pyridine rings is 1. The summed E-state index contributed by atoms with van der Waals surface area (Å²) in [5.74, 6) is 0.807. The minimum atomic E-state index is -0.0588. The average Bonchev–Trinajstić information content (AvgIpc) is 3.12. The van der Waals surface area contributed by atoms with Crippen LogP contribution >= 0.6 is 0 Å². The highest BCUT2D eigenvalue weighted by Gasteiger charge is 2.21. The minimum Gasteiger partial charge on any atom is -0.494 e. The second-order valence-electron chi connectivity index (χ2n) is 6.86. The van der Waals surface area contributed by atoms with Gasteiger partial charge in [-0.25, -0.2) is 9.31 Å². The van der Waals surface area contributed by atoms with E-state index in [1.165, 1.54) is 0 Å². The highest BCUT2D eigenvalue weighted by atomic mass is 16.5. The van der Waals surface area contributed by atoms with Crippen molar-refractivity contribution in [3.8, 4) is 5.75 Å². The van der Waals surface area contributed by atoms with Crippen LogP contribution in [-0.2, 0) is 6.54 Å². The van der Waals surface area contributed by atoms with Crippen molar-refractivity contribution in [3.05, 3.63) is 60.4 Å². The van der Waals surface area contributed by atoms with Crippen LogP contribution in [0.15, 0.2) is 54.7 Å². The fourth-order valence-corrected chi connectivity index (χ4v) is 3.41. The summed E-state index contributed by atoms with van der Waals surface area (Å²) in [5, 5.41) is 7.57. The van der Waals surface area contributed by atoms with Crippen LogP contribution < -0.4 is 10.1 Å². The first kappa shape index (κ1) is 18.3. The predicted octanol–water partition coefficient (Wildman–Crippen LogP) is 3.08.